The van der Waals surface area contributed by atoms with E-state index in [1.165, 1.54) is 19.4 Å². The fourth-order valence-corrected chi connectivity index (χ4v) is 2.08. The molecule has 1 saturated heterocycles. The maximum absolute atomic E-state index is 5.63. The number of hydrogen-bond donors (Lipinski definition) is 1. The standard InChI is InChI=1S/C11H18N4O/c1-15-7-2-3-9(15)4-8-16-11-10(12)13-5-6-14-11/h5-6,9H,2-4,7-8H2,1H3,(H2,12,13). The predicted molar refractivity (Wildman–Crippen MR) is 62.2 cm³/mol. The SMILES string of the molecule is CN1CCCC1CCOc1nccnc1N. The van der Waals surface area contributed by atoms with E-state index in [2.05, 4.69) is 21.9 Å². The molecule has 0 amide bonds. The molecule has 0 aromatic carbocycles. The summed E-state index contributed by atoms with van der Waals surface area (Å²) in [5, 5.41) is 0. The van der Waals surface area contributed by atoms with Gasteiger partial charge in [0.15, 0.2) is 5.82 Å². The van der Waals surface area contributed by atoms with Gasteiger partial charge in [0.05, 0.1) is 6.61 Å². The first-order chi connectivity index (χ1) is 7.77. The number of likely N-dealkylation sites (tertiary alicyclic amines) is 1. The predicted octanol–water partition coefficient (Wildman–Crippen LogP) is 0.922. The van der Waals surface area contributed by atoms with Crippen LogP contribution in [0.15, 0.2) is 12.4 Å². The lowest BCUT2D eigenvalue weighted by Crippen LogP contribution is -2.26. The van der Waals surface area contributed by atoms with Crippen LogP contribution in [-0.4, -0.2) is 41.1 Å². The third-order valence-electron chi connectivity index (χ3n) is 3.05. The molecule has 1 aromatic rings. The van der Waals surface area contributed by atoms with Crippen molar-refractivity contribution < 1.29 is 4.74 Å². The highest BCUT2D eigenvalue weighted by atomic mass is 16.5. The van der Waals surface area contributed by atoms with Gasteiger partial charge in [0, 0.05) is 18.4 Å². The monoisotopic (exact) mass is 222 g/mol. The number of nitrogen functional groups attached to an aromatic ring is 1. The quantitative estimate of drug-likeness (QED) is 0.820. The molecule has 0 radical (unpaired) electrons. The van der Waals surface area contributed by atoms with E-state index >= 15 is 0 Å². The molecule has 1 unspecified atom stereocenters. The van der Waals surface area contributed by atoms with Gasteiger partial charge in [-0.25, -0.2) is 9.97 Å². The number of nitrogens with two attached hydrogens (primary N) is 1. The second-order valence-corrected chi connectivity index (χ2v) is 4.16. The molecule has 2 rings (SSSR count). The van der Waals surface area contributed by atoms with Crippen LogP contribution in [0.25, 0.3) is 0 Å². The van der Waals surface area contributed by atoms with Crippen LogP contribution >= 0.6 is 0 Å². The highest BCUT2D eigenvalue weighted by molar-refractivity contribution is 5.38. The van der Waals surface area contributed by atoms with Crippen molar-refractivity contribution in [1.29, 1.82) is 0 Å². The zero-order chi connectivity index (χ0) is 11.4. The minimum absolute atomic E-state index is 0.363. The Kier molecular flexibility index (Phi) is 3.56. The maximum Gasteiger partial charge on any atom is 0.257 e. The summed E-state index contributed by atoms with van der Waals surface area (Å²) in [5.74, 6) is 0.811. The van der Waals surface area contributed by atoms with Crippen molar-refractivity contribution in [3.05, 3.63) is 12.4 Å². The van der Waals surface area contributed by atoms with E-state index in [0.717, 1.165) is 6.42 Å². The van der Waals surface area contributed by atoms with Crippen LogP contribution in [0.4, 0.5) is 5.82 Å². The fourth-order valence-electron chi connectivity index (χ4n) is 2.08. The molecule has 1 aromatic heterocycles. The van der Waals surface area contributed by atoms with Gasteiger partial charge in [0.25, 0.3) is 5.88 Å². The Labute approximate surface area is 95.6 Å². The summed E-state index contributed by atoms with van der Waals surface area (Å²) < 4.78 is 5.52. The molecule has 0 saturated carbocycles. The lowest BCUT2D eigenvalue weighted by molar-refractivity contribution is 0.229. The van der Waals surface area contributed by atoms with E-state index in [9.17, 15) is 0 Å². The average molecular weight is 222 g/mol. The van der Waals surface area contributed by atoms with Crippen LogP contribution in [0.5, 0.6) is 5.88 Å². The zero-order valence-electron chi connectivity index (χ0n) is 9.59. The lowest BCUT2D eigenvalue weighted by Gasteiger charge is -2.19. The van der Waals surface area contributed by atoms with Crippen molar-refractivity contribution in [2.24, 2.45) is 0 Å². The molecule has 0 bridgehead atoms. The first-order valence-corrected chi connectivity index (χ1v) is 5.67. The highest BCUT2D eigenvalue weighted by Gasteiger charge is 2.20. The lowest BCUT2D eigenvalue weighted by atomic mass is 10.1. The number of ether oxygens (including phenoxy) is 1. The van der Waals surface area contributed by atoms with Crippen molar-refractivity contribution in [3.8, 4) is 5.88 Å². The Hall–Kier alpha value is -1.36. The fraction of sp³-hybridized carbons (Fsp3) is 0.636. The third-order valence-corrected chi connectivity index (χ3v) is 3.05. The van der Waals surface area contributed by atoms with Gasteiger partial charge in [-0.15, -0.1) is 0 Å². The van der Waals surface area contributed by atoms with Crippen molar-refractivity contribution in [2.75, 3.05) is 25.9 Å². The van der Waals surface area contributed by atoms with Gasteiger partial charge in [-0.05, 0) is 32.9 Å². The largest absolute Gasteiger partial charge is 0.475 e. The molecule has 0 aliphatic carbocycles. The second-order valence-electron chi connectivity index (χ2n) is 4.16. The number of anilines is 1. The van der Waals surface area contributed by atoms with Gasteiger partial charge in [-0.2, -0.15) is 0 Å². The Morgan fingerprint density at radius 2 is 2.31 bits per heavy atom. The number of aromatic nitrogens is 2. The average Bonchev–Trinajstić information content (AvgIpc) is 2.67. The molecule has 1 atom stereocenters. The summed E-state index contributed by atoms with van der Waals surface area (Å²) in [6.07, 6.45) is 6.72. The molecule has 2 heterocycles. The van der Waals surface area contributed by atoms with Crippen molar-refractivity contribution in [3.63, 3.8) is 0 Å². The molecule has 16 heavy (non-hydrogen) atoms. The third kappa shape index (κ3) is 2.61. The van der Waals surface area contributed by atoms with Crippen molar-refractivity contribution in [1.82, 2.24) is 14.9 Å². The first kappa shape index (κ1) is 11.1. The van der Waals surface area contributed by atoms with Gasteiger partial charge >= 0.3 is 0 Å². The minimum Gasteiger partial charge on any atom is -0.475 e. The molecule has 2 N–H and O–H groups in total. The molecular formula is C11H18N4O. The number of rotatable bonds is 4. The Balaban J connectivity index is 1.78. The molecule has 0 spiro atoms. The number of hydrogen-bond acceptors (Lipinski definition) is 5. The molecule has 1 aliphatic heterocycles. The van der Waals surface area contributed by atoms with E-state index in [1.54, 1.807) is 12.4 Å². The van der Waals surface area contributed by atoms with Crippen LogP contribution in [0.1, 0.15) is 19.3 Å². The topological polar surface area (TPSA) is 64.3 Å². The molecule has 5 heteroatoms. The molecule has 1 fully saturated rings. The van der Waals surface area contributed by atoms with Crippen LogP contribution in [-0.2, 0) is 0 Å². The van der Waals surface area contributed by atoms with Crippen molar-refractivity contribution in [2.45, 2.75) is 25.3 Å². The normalized spacial score (nSPS) is 21.2. The molecule has 5 nitrogen and oxygen atoms in total. The Morgan fingerprint density at radius 1 is 1.50 bits per heavy atom. The summed E-state index contributed by atoms with van der Waals surface area (Å²) in [7, 11) is 2.16. The van der Waals surface area contributed by atoms with Gasteiger partial charge < -0.3 is 15.4 Å². The van der Waals surface area contributed by atoms with Crippen LogP contribution < -0.4 is 10.5 Å². The van der Waals surface area contributed by atoms with Crippen LogP contribution in [0.3, 0.4) is 0 Å². The molecular weight excluding hydrogens is 204 g/mol. The van der Waals surface area contributed by atoms with Crippen molar-refractivity contribution >= 4 is 5.82 Å². The summed E-state index contributed by atoms with van der Waals surface area (Å²) in [4.78, 5) is 10.3. The minimum atomic E-state index is 0.363. The maximum atomic E-state index is 5.63. The van der Waals surface area contributed by atoms with E-state index < -0.39 is 0 Å². The highest BCUT2D eigenvalue weighted by Crippen LogP contribution is 2.19. The molecule has 88 valence electrons. The van der Waals surface area contributed by atoms with E-state index in [1.807, 2.05) is 0 Å². The smallest absolute Gasteiger partial charge is 0.257 e. The van der Waals surface area contributed by atoms with Gasteiger partial charge in [-0.1, -0.05) is 0 Å². The summed E-state index contributed by atoms with van der Waals surface area (Å²) >= 11 is 0. The van der Waals surface area contributed by atoms with Gasteiger partial charge in [0.1, 0.15) is 0 Å². The number of nitrogens with zero attached hydrogens (tertiary/aromatic N) is 3. The zero-order valence-corrected chi connectivity index (χ0v) is 9.59. The summed E-state index contributed by atoms with van der Waals surface area (Å²) in [5.41, 5.74) is 5.63. The Morgan fingerprint density at radius 3 is 3.00 bits per heavy atom. The van der Waals surface area contributed by atoms with Crippen LogP contribution in [0.2, 0.25) is 0 Å². The summed E-state index contributed by atoms with van der Waals surface area (Å²) in [6, 6.07) is 0.637. The van der Waals surface area contributed by atoms with Gasteiger partial charge in [0.2, 0.25) is 0 Å². The molecule has 1 aliphatic rings. The van der Waals surface area contributed by atoms with Gasteiger partial charge in [-0.3, -0.25) is 0 Å². The second kappa shape index (κ2) is 5.12. The summed E-state index contributed by atoms with van der Waals surface area (Å²) in [6.45, 7) is 1.84. The first-order valence-electron chi connectivity index (χ1n) is 5.67. The van der Waals surface area contributed by atoms with Crippen LogP contribution in [0, 0.1) is 0 Å². The van der Waals surface area contributed by atoms with E-state index in [-0.39, 0.29) is 0 Å². The van der Waals surface area contributed by atoms with E-state index in [0.29, 0.717) is 24.3 Å². The van der Waals surface area contributed by atoms with E-state index in [4.69, 9.17) is 10.5 Å². The Bertz CT molecular complexity index is 345.